The van der Waals surface area contributed by atoms with Crippen molar-refractivity contribution in [2.45, 2.75) is 6.42 Å². The van der Waals surface area contributed by atoms with E-state index in [0.29, 0.717) is 0 Å². The number of hydrogen-bond acceptors (Lipinski definition) is 3. The van der Waals surface area contributed by atoms with E-state index in [1.807, 2.05) is 30.5 Å². The molecule has 3 rings (SSSR count). The standard InChI is InChI=1S/C16H15N3/c1-2-5-13(6-3-1)8-11-17-15-9-12-18-14-7-4-10-19-16(14)15/h1-7,9-10,12H,8,11H2,(H,17,18). The molecular weight excluding hydrogens is 234 g/mol. The molecule has 0 fully saturated rings. The quantitative estimate of drug-likeness (QED) is 0.771. The fourth-order valence-corrected chi connectivity index (χ4v) is 2.11. The molecule has 1 N–H and O–H groups in total. The second kappa shape index (κ2) is 5.48. The lowest BCUT2D eigenvalue weighted by Crippen LogP contribution is -2.05. The minimum absolute atomic E-state index is 0.889. The molecule has 0 bridgehead atoms. The van der Waals surface area contributed by atoms with E-state index in [1.54, 1.807) is 6.20 Å². The van der Waals surface area contributed by atoms with E-state index >= 15 is 0 Å². The van der Waals surface area contributed by atoms with Crippen molar-refractivity contribution in [1.29, 1.82) is 0 Å². The van der Waals surface area contributed by atoms with Gasteiger partial charge in [-0.2, -0.15) is 0 Å². The van der Waals surface area contributed by atoms with Crippen LogP contribution in [0.3, 0.4) is 0 Å². The molecule has 0 spiro atoms. The smallest absolute Gasteiger partial charge is 0.112 e. The Labute approximate surface area is 112 Å². The van der Waals surface area contributed by atoms with Crippen LogP contribution in [0.4, 0.5) is 5.69 Å². The van der Waals surface area contributed by atoms with Gasteiger partial charge in [-0.1, -0.05) is 30.3 Å². The van der Waals surface area contributed by atoms with E-state index in [2.05, 4.69) is 39.6 Å². The Balaban J connectivity index is 1.72. The highest BCUT2D eigenvalue weighted by Crippen LogP contribution is 2.18. The van der Waals surface area contributed by atoms with Crippen LogP contribution in [-0.4, -0.2) is 16.5 Å². The van der Waals surface area contributed by atoms with Gasteiger partial charge in [0.2, 0.25) is 0 Å². The maximum absolute atomic E-state index is 4.38. The molecule has 2 heterocycles. The van der Waals surface area contributed by atoms with Crippen molar-refractivity contribution >= 4 is 16.7 Å². The molecule has 0 aliphatic heterocycles. The Morgan fingerprint density at radius 2 is 1.74 bits per heavy atom. The van der Waals surface area contributed by atoms with E-state index in [9.17, 15) is 0 Å². The molecule has 3 heteroatoms. The molecular formula is C16H15N3. The fourth-order valence-electron chi connectivity index (χ4n) is 2.11. The minimum Gasteiger partial charge on any atom is -0.383 e. The summed E-state index contributed by atoms with van der Waals surface area (Å²) < 4.78 is 0. The molecule has 0 amide bonds. The van der Waals surface area contributed by atoms with Gasteiger partial charge in [-0.3, -0.25) is 9.97 Å². The number of anilines is 1. The monoisotopic (exact) mass is 249 g/mol. The first-order valence-corrected chi connectivity index (χ1v) is 6.41. The molecule has 19 heavy (non-hydrogen) atoms. The predicted molar refractivity (Wildman–Crippen MR) is 78.2 cm³/mol. The summed E-state index contributed by atoms with van der Waals surface area (Å²) in [6.45, 7) is 0.889. The van der Waals surface area contributed by atoms with Gasteiger partial charge >= 0.3 is 0 Å². The van der Waals surface area contributed by atoms with E-state index < -0.39 is 0 Å². The lowest BCUT2D eigenvalue weighted by molar-refractivity contribution is 1.02. The molecule has 2 aromatic heterocycles. The van der Waals surface area contributed by atoms with Gasteiger partial charge in [0, 0.05) is 18.9 Å². The Hall–Kier alpha value is -2.42. The second-order valence-electron chi connectivity index (χ2n) is 4.39. The Bertz CT molecular complexity index is 660. The van der Waals surface area contributed by atoms with Gasteiger partial charge in [0.15, 0.2) is 0 Å². The number of hydrogen-bond donors (Lipinski definition) is 1. The fraction of sp³-hybridized carbons (Fsp3) is 0.125. The zero-order valence-corrected chi connectivity index (χ0v) is 10.6. The summed E-state index contributed by atoms with van der Waals surface area (Å²) in [6.07, 6.45) is 4.61. The normalized spacial score (nSPS) is 10.5. The van der Waals surface area contributed by atoms with Crippen molar-refractivity contribution in [3.8, 4) is 0 Å². The third-order valence-electron chi connectivity index (χ3n) is 3.07. The first-order valence-electron chi connectivity index (χ1n) is 6.41. The summed E-state index contributed by atoms with van der Waals surface area (Å²) in [5.41, 5.74) is 4.23. The van der Waals surface area contributed by atoms with Crippen molar-refractivity contribution in [3.05, 3.63) is 66.5 Å². The highest BCUT2D eigenvalue weighted by Gasteiger charge is 2.01. The van der Waals surface area contributed by atoms with E-state index in [0.717, 1.165) is 29.7 Å². The number of nitrogens with one attached hydrogen (secondary N) is 1. The molecule has 0 aliphatic carbocycles. The molecule has 3 nitrogen and oxygen atoms in total. The van der Waals surface area contributed by atoms with Gasteiger partial charge in [-0.15, -0.1) is 0 Å². The van der Waals surface area contributed by atoms with E-state index in [4.69, 9.17) is 0 Å². The van der Waals surface area contributed by atoms with Crippen molar-refractivity contribution in [2.24, 2.45) is 0 Å². The van der Waals surface area contributed by atoms with Crippen LogP contribution in [0.1, 0.15) is 5.56 Å². The van der Waals surface area contributed by atoms with Crippen LogP contribution in [0.15, 0.2) is 60.9 Å². The van der Waals surface area contributed by atoms with E-state index in [1.165, 1.54) is 5.56 Å². The Kier molecular flexibility index (Phi) is 3.36. The average Bonchev–Trinajstić information content (AvgIpc) is 2.49. The third kappa shape index (κ3) is 2.71. The maximum Gasteiger partial charge on any atom is 0.112 e. The molecule has 0 aliphatic rings. The predicted octanol–water partition coefficient (Wildman–Crippen LogP) is 3.28. The van der Waals surface area contributed by atoms with Gasteiger partial charge in [0.25, 0.3) is 0 Å². The lowest BCUT2D eigenvalue weighted by atomic mass is 10.1. The topological polar surface area (TPSA) is 37.8 Å². The van der Waals surface area contributed by atoms with Crippen LogP contribution in [0.25, 0.3) is 11.0 Å². The maximum atomic E-state index is 4.38. The molecule has 1 aromatic carbocycles. The van der Waals surface area contributed by atoms with Gasteiger partial charge in [-0.25, -0.2) is 0 Å². The molecule has 0 atom stereocenters. The Morgan fingerprint density at radius 3 is 2.63 bits per heavy atom. The van der Waals surface area contributed by atoms with Gasteiger partial charge in [0.1, 0.15) is 5.52 Å². The molecule has 94 valence electrons. The lowest BCUT2D eigenvalue weighted by Gasteiger charge is -2.08. The molecule has 0 saturated heterocycles. The number of rotatable bonds is 4. The third-order valence-corrected chi connectivity index (χ3v) is 3.07. The van der Waals surface area contributed by atoms with Gasteiger partial charge in [-0.05, 0) is 30.2 Å². The van der Waals surface area contributed by atoms with Crippen LogP contribution in [0.5, 0.6) is 0 Å². The number of fused-ring (bicyclic) bond motifs is 1. The van der Waals surface area contributed by atoms with Crippen molar-refractivity contribution in [3.63, 3.8) is 0 Å². The van der Waals surface area contributed by atoms with E-state index in [-0.39, 0.29) is 0 Å². The first-order chi connectivity index (χ1) is 9.43. The molecule has 3 aromatic rings. The van der Waals surface area contributed by atoms with Crippen molar-refractivity contribution < 1.29 is 0 Å². The number of aromatic nitrogens is 2. The van der Waals surface area contributed by atoms with Crippen LogP contribution < -0.4 is 5.32 Å². The summed E-state index contributed by atoms with van der Waals surface area (Å²) in [6, 6.07) is 16.3. The zero-order valence-electron chi connectivity index (χ0n) is 10.6. The van der Waals surface area contributed by atoms with Gasteiger partial charge < -0.3 is 5.32 Å². The average molecular weight is 249 g/mol. The number of pyridine rings is 2. The largest absolute Gasteiger partial charge is 0.383 e. The van der Waals surface area contributed by atoms with Crippen molar-refractivity contribution in [2.75, 3.05) is 11.9 Å². The summed E-state index contributed by atoms with van der Waals surface area (Å²) in [5, 5.41) is 3.43. The summed E-state index contributed by atoms with van der Waals surface area (Å²) in [7, 11) is 0. The minimum atomic E-state index is 0.889. The van der Waals surface area contributed by atoms with Crippen molar-refractivity contribution in [1.82, 2.24) is 9.97 Å². The summed E-state index contributed by atoms with van der Waals surface area (Å²) >= 11 is 0. The highest BCUT2D eigenvalue weighted by molar-refractivity contribution is 5.86. The SMILES string of the molecule is c1ccc(CCNc2ccnc3cccnc23)cc1. The summed E-state index contributed by atoms with van der Waals surface area (Å²) in [4.78, 5) is 8.69. The van der Waals surface area contributed by atoms with Crippen LogP contribution in [-0.2, 0) is 6.42 Å². The molecule has 0 radical (unpaired) electrons. The Morgan fingerprint density at radius 1 is 0.842 bits per heavy atom. The van der Waals surface area contributed by atoms with Gasteiger partial charge in [0.05, 0.1) is 11.2 Å². The molecule has 0 unspecified atom stereocenters. The zero-order chi connectivity index (χ0) is 12.9. The van der Waals surface area contributed by atoms with Crippen LogP contribution >= 0.6 is 0 Å². The summed E-state index contributed by atoms with van der Waals surface area (Å²) in [5.74, 6) is 0. The highest BCUT2D eigenvalue weighted by atomic mass is 14.9. The second-order valence-corrected chi connectivity index (χ2v) is 4.39. The number of nitrogens with zero attached hydrogens (tertiary/aromatic N) is 2. The first kappa shape index (κ1) is 11.7. The molecule has 0 saturated carbocycles. The number of benzene rings is 1. The van der Waals surface area contributed by atoms with Crippen LogP contribution in [0, 0.1) is 0 Å². The van der Waals surface area contributed by atoms with Crippen LogP contribution in [0.2, 0.25) is 0 Å².